The Balaban J connectivity index is 1.54. The van der Waals surface area contributed by atoms with Crippen LogP contribution in [-0.2, 0) is 11.3 Å². The van der Waals surface area contributed by atoms with Gasteiger partial charge in [-0.3, -0.25) is 4.79 Å². The quantitative estimate of drug-likeness (QED) is 0.605. The summed E-state index contributed by atoms with van der Waals surface area (Å²) in [5, 5.41) is 2.93. The number of hydrogen-bond acceptors (Lipinski definition) is 5. The molecule has 2 aromatic carbocycles. The molecule has 1 saturated heterocycles. The highest BCUT2D eigenvalue weighted by Gasteiger charge is 2.28. The van der Waals surface area contributed by atoms with E-state index in [1.807, 2.05) is 13.8 Å². The van der Waals surface area contributed by atoms with Gasteiger partial charge in [0.1, 0.15) is 17.3 Å². The number of rotatable bonds is 5. The molecule has 1 aromatic heterocycles. The molecular weight excluding hydrogens is 444 g/mol. The highest BCUT2D eigenvalue weighted by molar-refractivity contribution is 6.05. The Kier molecular flexibility index (Phi) is 5.87. The monoisotopic (exact) mass is 469 g/mol. The molecule has 0 bridgehead atoms. The maximum Gasteiger partial charge on any atom is 0.272 e. The van der Waals surface area contributed by atoms with E-state index in [4.69, 9.17) is 14.2 Å². The van der Waals surface area contributed by atoms with Crippen LogP contribution in [-0.4, -0.2) is 43.6 Å². The minimum atomic E-state index is -0.652. The van der Waals surface area contributed by atoms with Gasteiger partial charge in [0.2, 0.25) is 6.79 Å². The van der Waals surface area contributed by atoms with Crippen LogP contribution >= 0.6 is 0 Å². The Labute approximate surface area is 195 Å². The number of nitrogens with one attached hydrogen (secondary N) is 1. The third-order valence-electron chi connectivity index (χ3n) is 6.24. The van der Waals surface area contributed by atoms with Crippen molar-refractivity contribution < 1.29 is 27.8 Å². The van der Waals surface area contributed by atoms with Crippen molar-refractivity contribution in [3.8, 4) is 11.5 Å². The number of carbonyl (C=O) groups is 1. The molecule has 0 spiro atoms. The van der Waals surface area contributed by atoms with E-state index in [0.29, 0.717) is 54.7 Å². The van der Waals surface area contributed by atoms with E-state index < -0.39 is 11.6 Å². The summed E-state index contributed by atoms with van der Waals surface area (Å²) >= 11 is 0. The Morgan fingerprint density at radius 3 is 2.56 bits per heavy atom. The lowest BCUT2D eigenvalue weighted by Gasteiger charge is -2.29. The molecule has 0 aliphatic carbocycles. The second-order valence-corrected chi connectivity index (χ2v) is 8.35. The van der Waals surface area contributed by atoms with Crippen LogP contribution in [0.1, 0.15) is 27.3 Å². The normalized spacial score (nSPS) is 15.0. The molecular formula is C25H25F2N3O4. The van der Waals surface area contributed by atoms with Gasteiger partial charge in [-0.1, -0.05) is 6.07 Å². The second kappa shape index (κ2) is 8.98. The van der Waals surface area contributed by atoms with Crippen LogP contribution in [0.4, 0.5) is 20.2 Å². The number of morpholine rings is 1. The molecule has 9 heteroatoms. The number of aromatic nitrogens is 1. The van der Waals surface area contributed by atoms with Gasteiger partial charge in [0.05, 0.1) is 25.4 Å². The minimum absolute atomic E-state index is 0.0903. The molecule has 5 rings (SSSR count). The number of benzene rings is 2. The Morgan fingerprint density at radius 1 is 1.03 bits per heavy atom. The van der Waals surface area contributed by atoms with Gasteiger partial charge in [0, 0.05) is 47.7 Å². The van der Waals surface area contributed by atoms with E-state index in [1.165, 1.54) is 12.1 Å². The van der Waals surface area contributed by atoms with Crippen LogP contribution in [0.2, 0.25) is 0 Å². The van der Waals surface area contributed by atoms with Crippen LogP contribution in [0.5, 0.6) is 11.5 Å². The summed E-state index contributed by atoms with van der Waals surface area (Å²) in [5.41, 5.74) is 3.83. The Hall–Kier alpha value is -3.59. The third kappa shape index (κ3) is 4.07. The first-order valence-corrected chi connectivity index (χ1v) is 11.1. The second-order valence-electron chi connectivity index (χ2n) is 8.35. The summed E-state index contributed by atoms with van der Waals surface area (Å²) in [6, 6.07) is 8.67. The van der Waals surface area contributed by atoms with Crippen molar-refractivity contribution in [3.05, 3.63) is 70.5 Å². The number of fused-ring (bicyclic) bond motifs is 1. The van der Waals surface area contributed by atoms with Gasteiger partial charge < -0.3 is 29.0 Å². The van der Waals surface area contributed by atoms with Crippen molar-refractivity contribution in [3.63, 3.8) is 0 Å². The van der Waals surface area contributed by atoms with Gasteiger partial charge in [-0.05, 0) is 32.0 Å². The maximum absolute atomic E-state index is 14.5. The van der Waals surface area contributed by atoms with Gasteiger partial charge in [-0.15, -0.1) is 0 Å². The van der Waals surface area contributed by atoms with E-state index in [-0.39, 0.29) is 19.2 Å². The van der Waals surface area contributed by atoms with Crippen LogP contribution in [0, 0.1) is 25.5 Å². The first-order valence-electron chi connectivity index (χ1n) is 11.1. The van der Waals surface area contributed by atoms with E-state index >= 15 is 0 Å². The molecule has 1 amide bonds. The predicted molar refractivity (Wildman–Crippen MR) is 123 cm³/mol. The first-order chi connectivity index (χ1) is 16.4. The summed E-state index contributed by atoms with van der Waals surface area (Å²) in [6.45, 7) is 6.61. The lowest BCUT2D eigenvalue weighted by molar-refractivity contribution is 0.101. The smallest absolute Gasteiger partial charge is 0.272 e. The van der Waals surface area contributed by atoms with Crippen LogP contribution in [0.3, 0.4) is 0 Å². The zero-order valence-corrected chi connectivity index (χ0v) is 19.0. The number of nitrogens with zero attached hydrogens (tertiary/aromatic N) is 2. The van der Waals surface area contributed by atoms with Gasteiger partial charge in [0.25, 0.3) is 5.91 Å². The molecule has 3 heterocycles. The molecule has 34 heavy (non-hydrogen) atoms. The molecule has 0 saturated carbocycles. The maximum atomic E-state index is 14.5. The number of hydrogen-bond donors (Lipinski definition) is 1. The molecule has 0 unspecified atom stereocenters. The summed E-state index contributed by atoms with van der Waals surface area (Å²) < 4.78 is 46.0. The lowest BCUT2D eigenvalue weighted by atomic mass is 10.1. The Morgan fingerprint density at radius 2 is 1.79 bits per heavy atom. The third-order valence-corrected chi connectivity index (χ3v) is 6.24. The average molecular weight is 469 g/mol. The zero-order valence-electron chi connectivity index (χ0n) is 19.0. The van der Waals surface area contributed by atoms with E-state index in [1.54, 1.807) is 22.8 Å². The van der Waals surface area contributed by atoms with Crippen LogP contribution in [0.15, 0.2) is 36.4 Å². The summed E-state index contributed by atoms with van der Waals surface area (Å²) in [5.74, 6) is -0.447. The topological polar surface area (TPSA) is 65.0 Å². The van der Waals surface area contributed by atoms with Crippen LogP contribution < -0.4 is 19.7 Å². The van der Waals surface area contributed by atoms with Crippen molar-refractivity contribution >= 4 is 17.3 Å². The molecule has 2 aliphatic heterocycles. The van der Waals surface area contributed by atoms with Gasteiger partial charge in [0.15, 0.2) is 11.5 Å². The summed E-state index contributed by atoms with van der Waals surface area (Å²) in [7, 11) is 0. The predicted octanol–water partition coefficient (Wildman–Crippen LogP) is 4.25. The van der Waals surface area contributed by atoms with Gasteiger partial charge in [-0.25, -0.2) is 8.78 Å². The van der Waals surface area contributed by atoms with E-state index in [0.717, 1.165) is 23.0 Å². The lowest BCUT2D eigenvalue weighted by Crippen LogP contribution is -2.36. The van der Waals surface area contributed by atoms with Crippen molar-refractivity contribution in [2.24, 2.45) is 0 Å². The molecule has 0 atom stereocenters. The van der Waals surface area contributed by atoms with Crippen molar-refractivity contribution in [1.29, 1.82) is 0 Å². The average Bonchev–Trinajstić information content (AvgIpc) is 3.38. The Bertz CT molecular complexity index is 1250. The molecule has 1 N–H and O–H groups in total. The fourth-order valence-corrected chi connectivity index (χ4v) is 4.61. The largest absolute Gasteiger partial charge is 0.454 e. The van der Waals surface area contributed by atoms with E-state index in [2.05, 4.69) is 10.2 Å². The highest BCUT2D eigenvalue weighted by Crippen LogP contribution is 2.36. The number of ether oxygens (including phenoxy) is 3. The fraction of sp³-hybridized carbons (Fsp3) is 0.320. The van der Waals surface area contributed by atoms with Crippen LogP contribution in [0.25, 0.3) is 0 Å². The highest BCUT2D eigenvalue weighted by atomic mass is 19.1. The summed E-state index contributed by atoms with van der Waals surface area (Å²) in [6.07, 6.45) is 0. The standard InChI is InChI=1S/C25H25F2N3O4/c1-15-23(29-7-9-32-10-8-29)16(2)30(13-17-3-4-18(26)11-20(17)27)24(15)25(31)28-19-5-6-21-22(12-19)34-14-33-21/h3-6,11-12H,7-10,13-14H2,1-2H3,(H,28,31). The van der Waals surface area contributed by atoms with Gasteiger partial charge >= 0.3 is 0 Å². The molecule has 2 aliphatic rings. The zero-order chi connectivity index (χ0) is 23.8. The molecule has 0 radical (unpaired) electrons. The van der Waals surface area contributed by atoms with Crippen molar-refractivity contribution in [2.45, 2.75) is 20.4 Å². The van der Waals surface area contributed by atoms with E-state index in [9.17, 15) is 13.6 Å². The minimum Gasteiger partial charge on any atom is -0.454 e. The van der Waals surface area contributed by atoms with Gasteiger partial charge in [-0.2, -0.15) is 0 Å². The fourth-order valence-electron chi connectivity index (χ4n) is 4.61. The van der Waals surface area contributed by atoms with Crippen molar-refractivity contribution in [2.75, 3.05) is 43.3 Å². The number of halogens is 2. The number of anilines is 2. The molecule has 178 valence electrons. The number of carbonyl (C=O) groups excluding carboxylic acids is 1. The van der Waals surface area contributed by atoms with Crippen molar-refractivity contribution in [1.82, 2.24) is 4.57 Å². The molecule has 3 aromatic rings. The molecule has 7 nitrogen and oxygen atoms in total. The SMILES string of the molecule is Cc1c(N2CCOCC2)c(C)n(Cc2ccc(F)cc2F)c1C(=O)Nc1ccc2c(c1)OCO2. The summed E-state index contributed by atoms with van der Waals surface area (Å²) in [4.78, 5) is 15.7. The first kappa shape index (κ1) is 22.2. The number of amides is 1. The molecule has 1 fully saturated rings.